The van der Waals surface area contributed by atoms with Crippen molar-refractivity contribution < 1.29 is 4.42 Å². The second-order valence-corrected chi connectivity index (χ2v) is 6.28. The number of halogens is 1. The number of aromatic amines is 1. The van der Waals surface area contributed by atoms with Crippen LogP contribution >= 0.6 is 23.4 Å². The fourth-order valence-electron chi connectivity index (χ4n) is 2.10. The van der Waals surface area contributed by atoms with Crippen molar-refractivity contribution in [1.29, 1.82) is 0 Å². The van der Waals surface area contributed by atoms with Crippen molar-refractivity contribution in [2.75, 3.05) is 0 Å². The van der Waals surface area contributed by atoms with E-state index in [2.05, 4.69) is 15.2 Å². The predicted octanol–water partition coefficient (Wildman–Crippen LogP) is 3.58. The first-order valence-electron chi connectivity index (χ1n) is 7.15. The Kier molecular flexibility index (Phi) is 4.88. The Morgan fingerprint density at radius 1 is 1.43 bits per heavy atom. The van der Waals surface area contributed by atoms with E-state index in [0.29, 0.717) is 28.4 Å². The Labute approximate surface area is 141 Å². The van der Waals surface area contributed by atoms with E-state index in [1.165, 1.54) is 11.8 Å². The fraction of sp³-hybridized carbons (Fsp3) is 0.267. The van der Waals surface area contributed by atoms with E-state index >= 15 is 0 Å². The first-order valence-corrected chi connectivity index (χ1v) is 8.52. The van der Waals surface area contributed by atoms with Crippen LogP contribution in [0.4, 0.5) is 0 Å². The average molecular weight is 351 g/mol. The summed E-state index contributed by atoms with van der Waals surface area (Å²) in [7, 11) is 0. The molecule has 0 saturated heterocycles. The van der Waals surface area contributed by atoms with Gasteiger partial charge in [-0.2, -0.15) is 0 Å². The van der Waals surface area contributed by atoms with Crippen LogP contribution in [0.2, 0.25) is 5.02 Å². The van der Waals surface area contributed by atoms with Crippen molar-refractivity contribution in [1.82, 2.24) is 19.7 Å². The lowest BCUT2D eigenvalue weighted by molar-refractivity contribution is 0.573. The van der Waals surface area contributed by atoms with Crippen molar-refractivity contribution in [2.45, 2.75) is 30.8 Å². The van der Waals surface area contributed by atoms with Gasteiger partial charge in [-0.3, -0.25) is 4.57 Å². The minimum absolute atomic E-state index is 0.186. The summed E-state index contributed by atoms with van der Waals surface area (Å²) in [5, 5.41) is 7.80. The standard InChI is InChI=1S/C15H15ClN4O2S/c1-2-6-20-14(21)18-19-15(20)23-9-12-8-22-13(17-12)10-4-3-5-11(16)7-10/h3-5,7-8H,2,6,9H2,1H3,(H,18,21). The van der Waals surface area contributed by atoms with Gasteiger partial charge < -0.3 is 4.42 Å². The molecule has 0 unspecified atom stereocenters. The number of aromatic nitrogens is 4. The second kappa shape index (κ2) is 7.06. The van der Waals surface area contributed by atoms with Gasteiger partial charge in [-0.1, -0.05) is 36.4 Å². The molecule has 0 atom stereocenters. The maximum Gasteiger partial charge on any atom is 0.343 e. The molecule has 6 nitrogen and oxygen atoms in total. The first-order chi connectivity index (χ1) is 11.2. The van der Waals surface area contributed by atoms with Gasteiger partial charge >= 0.3 is 5.69 Å². The maximum absolute atomic E-state index is 11.6. The molecule has 0 spiro atoms. The van der Waals surface area contributed by atoms with Gasteiger partial charge in [0.05, 0.1) is 5.69 Å². The lowest BCUT2D eigenvalue weighted by Crippen LogP contribution is -2.17. The summed E-state index contributed by atoms with van der Waals surface area (Å²) in [6.07, 6.45) is 2.48. The zero-order valence-corrected chi connectivity index (χ0v) is 14.0. The number of H-pyrrole nitrogens is 1. The highest BCUT2D eigenvalue weighted by Crippen LogP contribution is 2.25. The fourth-order valence-corrected chi connectivity index (χ4v) is 3.14. The van der Waals surface area contributed by atoms with Crippen LogP contribution in [0.5, 0.6) is 0 Å². The van der Waals surface area contributed by atoms with Crippen LogP contribution in [-0.4, -0.2) is 19.7 Å². The molecule has 0 aliphatic heterocycles. The van der Waals surface area contributed by atoms with E-state index in [9.17, 15) is 4.79 Å². The topological polar surface area (TPSA) is 76.7 Å². The Balaban J connectivity index is 1.72. The SMILES string of the molecule is CCCn1c(SCc2coc(-c3cccc(Cl)c3)n2)n[nH]c1=O. The third kappa shape index (κ3) is 3.68. The molecular weight excluding hydrogens is 336 g/mol. The largest absolute Gasteiger partial charge is 0.444 e. The minimum Gasteiger partial charge on any atom is -0.444 e. The van der Waals surface area contributed by atoms with Crippen molar-refractivity contribution in [3.8, 4) is 11.5 Å². The highest BCUT2D eigenvalue weighted by molar-refractivity contribution is 7.98. The number of hydrogen-bond acceptors (Lipinski definition) is 5. The molecular formula is C15H15ClN4O2S. The van der Waals surface area contributed by atoms with E-state index in [1.54, 1.807) is 23.0 Å². The van der Waals surface area contributed by atoms with Crippen LogP contribution in [0.15, 0.2) is 44.9 Å². The van der Waals surface area contributed by atoms with Crippen molar-refractivity contribution in [3.63, 3.8) is 0 Å². The first kappa shape index (κ1) is 15.9. The molecule has 3 aromatic rings. The van der Waals surface area contributed by atoms with E-state index < -0.39 is 0 Å². The second-order valence-electron chi connectivity index (χ2n) is 4.91. The summed E-state index contributed by atoms with van der Waals surface area (Å²) >= 11 is 7.42. The molecule has 1 N–H and O–H groups in total. The summed E-state index contributed by atoms with van der Waals surface area (Å²) < 4.78 is 7.12. The average Bonchev–Trinajstić information content (AvgIpc) is 3.14. The number of nitrogens with one attached hydrogen (secondary N) is 1. The number of nitrogens with zero attached hydrogens (tertiary/aromatic N) is 3. The monoisotopic (exact) mass is 350 g/mol. The molecule has 120 valence electrons. The normalized spacial score (nSPS) is 11.0. The van der Waals surface area contributed by atoms with Crippen molar-refractivity contribution in [3.05, 3.63) is 51.7 Å². The lowest BCUT2D eigenvalue weighted by atomic mass is 10.2. The summed E-state index contributed by atoms with van der Waals surface area (Å²) in [5.74, 6) is 1.09. The Bertz CT molecular complexity index is 855. The minimum atomic E-state index is -0.186. The van der Waals surface area contributed by atoms with Crippen LogP contribution in [0.1, 0.15) is 19.0 Å². The van der Waals surface area contributed by atoms with Crippen molar-refractivity contribution in [2.24, 2.45) is 0 Å². The molecule has 8 heteroatoms. The van der Waals surface area contributed by atoms with Crippen LogP contribution in [-0.2, 0) is 12.3 Å². The lowest BCUT2D eigenvalue weighted by Gasteiger charge is -2.01. The number of hydrogen-bond donors (Lipinski definition) is 1. The molecule has 0 aliphatic carbocycles. The molecule has 1 aromatic carbocycles. The molecule has 2 heterocycles. The Morgan fingerprint density at radius 3 is 3.09 bits per heavy atom. The molecule has 0 fully saturated rings. The van der Waals surface area contributed by atoms with Gasteiger partial charge in [-0.25, -0.2) is 14.9 Å². The summed E-state index contributed by atoms with van der Waals surface area (Å²) in [6, 6.07) is 7.34. The van der Waals surface area contributed by atoms with Gasteiger partial charge in [0.1, 0.15) is 6.26 Å². The van der Waals surface area contributed by atoms with Gasteiger partial charge in [-0.15, -0.1) is 5.10 Å². The predicted molar refractivity (Wildman–Crippen MR) is 89.6 cm³/mol. The van der Waals surface area contributed by atoms with E-state index in [1.807, 2.05) is 19.1 Å². The Morgan fingerprint density at radius 2 is 2.30 bits per heavy atom. The molecule has 2 aromatic heterocycles. The van der Waals surface area contributed by atoms with Crippen LogP contribution in [0.25, 0.3) is 11.5 Å². The third-order valence-corrected chi connectivity index (χ3v) is 4.39. The highest BCUT2D eigenvalue weighted by Gasteiger charge is 2.11. The molecule has 23 heavy (non-hydrogen) atoms. The van der Waals surface area contributed by atoms with Gasteiger partial charge in [0.15, 0.2) is 5.16 Å². The summed E-state index contributed by atoms with van der Waals surface area (Å²) in [6.45, 7) is 2.66. The zero-order valence-electron chi connectivity index (χ0n) is 12.5. The molecule has 0 amide bonds. The van der Waals surface area contributed by atoms with Crippen LogP contribution in [0.3, 0.4) is 0 Å². The summed E-state index contributed by atoms with van der Waals surface area (Å²) in [4.78, 5) is 16.1. The van der Waals surface area contributed by atoms with Gasteiger partial charge in [0.2, 0.25) is 5.89 Å². The summed E-state index contributed by atoms with van der Waals surface area (Å²) in [5.41, 5.74) is 1.43. The zero-order chi connectivity index (χ0) is 16.2. The quantitative estimate of drug-likeness (QED) is 0.687. The smallest absolute Gasteiger partial charge is 0.343 e. The molecule has 0 bridgehead atoms. The highest BCUT2D eigenvalue weighted by atomic mass is 35.5. The van der Waals surface area contributed by atoms with E-state index in [0.717, 1.165) is 17.7 Å². The maximum atomic E-state index is 11.6. The van der Waals surface area contributed by atoms with Crippen LogP contribution in [0, 0.1) is 0 Å². The van der Waals surface area contributed by atoms with Gasteiger partial charge in [0, 0.05) is 22.9 Å². The van der Waals surface area contributed by atoms with Gasteiger partial charge in [-0.05, 0) is 24.6 Å². The van der Waals surface area contributed by atoms with E-state index in [4.69, 9.17) is 16.0 Å². The molecule has 3 rings (SSSR count). The number of rotatable bonds is 6. The van der Waals surface area contributed by atoms with E-state index in [-0.39, 0.29) is 5.69 Å². The molecule has 0 saturated carbocycles. The van der Waals surface area contributed by atoms with Gasteiger partial charge in [0.25, 0.3) is 0 Å². The number of thioether (sulfide) groups is 1. The Hall–Kier alpha value is -1.99. The number of benzene rings is 1. The third-order valence-electron chi connectivity index (χ3n) is 3.14. The van der Waals surface area contributed by atoms with Crippen molar-refractivity contribution >= 4 is 23.4 Å². The van der Waals surface area contributed by atoms with Crippen LogP contribution < -0.4 is 5.69 Å². The molecule has 0 radical (unpaired) electrons. The number of oxazole rings is 1. The molecule has 0 aliphatic rings.